The second-order valence-corrected chi connectivity index (χ2v) is 9.23. The average molecular weight is 429 g/mol. The topological polar surface area (TPSA) is 18.5 Å². The Labute approximate surface area is 190 Å². The Hall–Kier alpha value is -2.65. The van der Waals surface area contributed by atoms with E-state index >= 15 is 0 Å². The summed E-state index contributed by atoms with van der Waals surface area (Å²) < 4.78 is 12.0. The van der Waals surface area contributed by atoms with Gasteiger partial charge >= 0.3 is 0 Å². The van der Waals surface area contributed by atoms with Crippen LogP contribution >= 0.6 is 11.8 Å². The van der Waals surface area contributed by atoms with Gasteiger partial charge in [0.25, 0.3) is 0 Å². The molecule has 3 heteroatoms. The standard InChI is InChI=1S/C28H28O2S/c1-19-5-7-25(17-21(19)3)29-23-9-13-27(14-10-23)31-28-15-11-24(12-16-28)30-26-8-6-20(2)22(4)18-26/h5-7,9-18,20H,8H2,1-4H3. The molecule has 1 atom stereocenters. The van der Waals surface area contributed by atoms with Crippen LogP contribution in [0.25, 0.3) is 0 Å². The van der Waals surface area contributed by atoms with Crippen LogP contribution in [0.1, 0.15) is 31.4 Å². The van der Waals surface area contributed by atoms with Crippen LogP contribution < -0.4 is 9.47 Å². The fraction of sp³-hybridized carbons (Fsp3) is 0.214. The van der Waals surface area contributed by atoms with Crippen molar-refractivity contribution in [2.75, 3.05) is 0 Å². The first kappa shape index (κ1) is 21.6. The predicted octanol–water partition coefficient (Wildman–Crippen LogP) is 8.35. The Morgan fingerprint density at radius 3 is 1.87 bits per heavy atom. The summed E-state index contributed by atoms with van der Waals surface area (Å²) in [5.41, 5.74) is 2.50. The maximum Gasteiger partial charge on any atom is 0.127 e. The van der Waals surface area contributed by atoms with E-state index in [4.69, 9.17) is 9.47 Å². The molecule has 3 aromatic rings. The van der Waals surface area contributed by atoms with E-state index in [2.05, 4.69) is 76.6 Å². The quantitative estimate of drug-likeness (QED) is 0.393. The zero-order valence-corrected chi connectivity index (χ0v) is 19.3. The van der Waals surface area contributed by atoms with Crippen LogP contribution in [0.4, 0.5) is 0 Å². The van der Waals surface area contributed by atoms with E-state index in [1.54, 1.807) is 11.8 Å². The second-order valence-electron chi connectivity index (χ2n) is 8.08. The van der Waals surface area contributed by atoms with Crippen molar-refractivity contribution < 1.29 is 9.47 Å². The number of ether oxygens (including phenoxy) is 2. The minimum absolute atomic E-state index is 0.531. The summed E-state index contributed by atoms with van der Waals surface area (Å²) in [5, 5.41) is 0. The minimum atomic E-state index is 0.531. The molecule has 0 aromatic heterocycles. The van der Waals surface area contributed by atoms with Crippen molar-refractivity contribution in [3.8, 4) is 17.2 Å². The van der Waals surface area contributed by atoms with Crippen molar-refractivity contribution in [1.82, 2.24) is 0 Å². The van der Waals surface area contributed by atoms with Crippen LogP contribution in [0.2, 0.25) is 0 Å². The molecule has 31 heavy (non-hydrogen) atoms. The lowest BCUT2D eigenvalue weighted by molar-refractivity contribution is 0.394. The maximum atomic E-state index is 6.05. The summed E-state index contributed by atoms with van der Waals surface area (Å²) in [6.07, 6.45) is 5.34. The molecule has 0 bridgehead atoms. The molecule has 0 N–H and O–H groups in total. The largest absolute Gasteiger partial charge is 0.462 e. The summed E-state index contributed by atoms with van der Waals surface area (Å²) in [6.45, 7) is 8.58. The van der Waals surface area contributed by atoms with Gasteiger partial charge in [-0.2, -0.15) is 0 Å². The third kappa shape index (κ3) is 5.74. The van der Waals surface area contributed by atoms with E-state index in [9.17, 15) is 0 Å². The zero-order chi connectivity index (χ0) is 21.8. The van der Waals surface area contributed by atoms with Crippen molar-refractivity contribution in [2.24, 2.45) is 5.92 Å². The first-order valence-corrected chi connectivity index (χ1v) is 11.5. The van der Waals surface area contributed by atoms with E-state index in [1.807, 2.05) is 30.3 Å². The molecule has 3 aromatic carbocycles. The van der Waals surface area contributed by atoms with Crippen molar-refractivity contribution in [2.45, 2.75) is 43.9 Å². The third-order valence-electron chi connectivity index (χ3n) is 5.63. The molecule has 1 aliphatic carbocycles. The van der Waals surface area contributed by atoms with E-state index in [0.717, 1.165) is 29.4 Å². The maximum absolute atomic E-state index is 6.05. The molecule has 0 saturated carbocycles. The van der Waals surface area contributed by atoms with Crippen LogP contribution in [-0.2, 0) is 0 Å². The van der Waals surface area contributed by atoms with Gasteiger partial charge in [-0.25, -0.2) is 0 Å². The smallest absolute Gasteiger partial charge is 0.127 e. The average Bonchev–Trinajstić information content (AvgIpc) is 2.76. The second kappa shape index (κ2) is 9.65. The van der Waals surface area contributed by atoms with Gasteiger partial charge in [-0.15, -0.1) is 0 Å². The molecule has 1 aliphatic rings. The van der Waals surface area contributed by atoms with Crippen molar-refractivity contribution in [3.63, 3.8) is 0 Å². The Balaban J connectivity index is 1.35. The molecule has 0 heterocycles. The van der Waals surface area contributed by atoms with E-state index in [1.165, 1.54) is 26.8 Å². The molecule has 2 nitrogen and oxygen atoms in total. The molecule has 0 fully saturated rings. The first-order chi connectivity index (χ1) is 15.0. The lowest BCUT2D eigenvalue weighted by atomic mass is 9.86. The lowest BCUT2D eigenvalue weighted by Crippen LogP contribution is -2.13. The number of hydrogen-bond donors (Lipinski definition) is 0. The van der Waals surface area contributed by atoms with Crippen LogP contribution in [0.15, 0.2) is 88.4 Å². The van der Waals surface area contributed by atoms with Gasteiger partial charge in [-0.3, -0.25) is 0 Å². The molecular formula is C28H28O2S. The summed E-state index contributed by atoms with van der Waals surface area (Å²) in [7, 11) is 0. The van der Waals surface area contributed by atoms with Crippen LogP contribution in [0.3, 0.4) is 0 Å². The fourth-order valence-electron chi connectivity index (χ4n) is 3.35. The molecule has 0 aliphatic heterocycles. The van der Waals surface area contributed by atoms with Crippen molar-refractivity contribution in [1.29, 1.82) is 0 Å². The number of rotatable bonds is 6. The molecule has 0 spiro atoms. The summed E-state index contributed by atoms with van der Waals surface area (Å²) in [5.74, 6) is 5.48. The lowest BCUT2D eigenvalue weighted by Gasteiger charge is -2.23. The van der Waals surface area contributed by atoms with Gasteiger partial charge in [-0.1, -0.05) is 31.7 Å². The highest BCUT2D eigenvalue weighted by molar-refractivity contribution is 7.99. The third-order valence-corrected chi connectivity index (χ3v) is 6.64. The SMILES string of the molecule is C[C]1C=C(Oc2ccc(Sc3ccc(Oc4ccc(C)c(C)c4)cc3)cc2)C[CH]C1C. The van der Waals surface area contributed by atoms with E-state index in [0.29, 0.717) is 5.92 Å². The highest BCUT2D eigenvalue weighted by atomic mass is 32.2. The highest BCUT2D eigenvalue weighted by Crippen LogP contribution is 2.33. The molecule has 4 rings (SSSR count). The van der Waals surface area contributed by atoms with Gasteiger partial charge in [0.05, 0.1) is 0 Å². The number of aryl methyl sites for hydroxylation is 2. The van der Waals surface area contributed by atoms with E-state index in [-0.39, 0.29) is 0 Å². The van der Waals surface area contributed by atoms with Gasteiger partial charge in [0.1, 0.15) is 23.0 Å². The highest BCUT2D eigenvalue weighted by Gasteiger charge is 2.19. The minimum Gasteiger partial charge on any atom is -0.462 e. The normalized spacial score (nSPS) is 16.6. The van der Waals surface area contributed by atoms with Gasteiger partial charge in [0.2, 0.25) is 0 Å². The number of hydrogen-bond acceptors (Lipinski definition) is 3. The van der Waals surface area contributed by atoms with Gasteiger partial charge < -0.3 is 9.47 Å². The van der Waals surface area contributed by atoms with Crippen molar-refractivity contribution in [3.05, 3.63) is 102 Å². The molecule has 0 amide bonds. The molecule has 158 valence electrons. The number of allylic oxidation sites excluding steroid dienone is 2. The molecule has 1 unspecified atom stereocenters. The Morgan fingerprint density at radius 2 is 1.29 bits per heavy atom. The fourth-order valence-corrected chi connectivity index (χ4v) is 4.16. The Kier molecular flexibility index (Phi) is 6.72. The Bertz CT molecular complexity index is 1050. The van der Waals surface area contributed by atoms with Gasteiger partial charge in [0.15, 0.2) is 0 Å². The van der Waals surface area contributed by atoms with Gasteiger partial charge in [0, 0.05) is 22.1 Å². The van der Waals surface area contributed by atoms with E-state index < -0.39 is 0 Å². The predicted molar refractivity (Wildman–Crippen MR) is 129 cm³/mol. The molecule has 2 radical (unpaired) electrons. The van der Waals surface area contributed by atoms with Crippen LogP contribution in [0.5, 0.6) is 17.2 Å². The Morgan fingerprint density at radius 1 is 0.710 bits per heavy atom. The summed E-state index contributed by atoms with van der Waals surface area (Å²) in [4.78, 5) is 2.35. The molecule has 0 saturated heterocycles. The monoisotopic (exact) mass is 428 g/mol. The summed E-state index contributed by atoms with van der Waals surface area (Å²) >= 11 is 1.73. The van der Waals surface area contributed by atoms with Crippen LogP contribution in [-0.4, -0.2) is 0 Å². The van der Waals surface area contributed by atoms with Crippen molar-refractivity contribution >= 4 is 11.8 Å². The van der Waals surface area contributed by atoms with Crippen LogP contribution in [0, 0.1) is 32.1 Å². The number of benzene rings is 3. The molecular weight excluding hydrogens is 400 g/mol. The first-order valence-electron chi connectivity index (χ1n) is 10.6. The summed E-state index contributed by atoms with van der Waals surface area (Å²) in [6, 6.07) is 22.7. The zero-order valence-electron chi connectivity index (χ0n) is 18.5. The van der Waals surface area contributed by atoms with Gasteiger partial charge in [-0.05, 0) is 104 Å².